The molecule has 2 heterocycles. The number of hydroxylamine groups is 1. The molecule has 1 saturated carbocycles. The second-order valence-corrected chi connectivity index (χ2v) is 10.6. The average molecular weight is 512 g/mol. The fourth-order valence-electron chi connectivity index (χ4n) is 3.51. The molecule has 0 bridgehead atoms. The van der Waals surface area contributed by atoms with Crippen LogP contribution in [-0.2, 0) is 14.9 Å². The van der Waals surface area contributed by atoms with E-state index in [0.717, 1.165) is 30.4 Å². The first-order valence-electron chi connectivity index (χ1n) is 11.5. The fraction of sp³-hybridized carbons (Fsp3) is 0.333. The molecule has 12 heteroatoms. The van der Waals surface area contributed by atoms with Gasteiger partial charge in [-0.1, -0.05) is 6.07 Å². The molecule has 0 atom stereocenters. The second kappa shape index (κ2) is 10.5. The van der Waals surface area contributed by atoms with Crippen molar-refractivity contribution in [2.45, 2.75) is 32.6 Å². The van der Waals surface area contributed by atoms with E-state index in [2.05, 4.69) is 31.3 Å². The summed E-state index contributed by atoms with van der Waals surface area (Å²) >= 11 is 0. The molecule has 0 spiro atoms. The Morgan fingerprint density at radius 3 is 2.50 bits per heavy atom. The zero-order chi connectivity index (χ0) is 25.9. The van der Waals surface area contributed by atoms with Crippen LogP contribution in [0, 0.1) is 6.92 Å². The van der Waals surface area contributed by atoms with Gasteiger partial charge in [-0.2, -0.15) is 5.10 Å². The maximum Gasteiger partial charge on any atom is 0.278 e. The number of carbonyl (C=O) groups excluding carboxylic acids is 1. The molecule has 1 aliphatic carbocycles. The Kier molecular flexibility index (Phi) is 7.36. The largest absolute Gasteiger partial charge is 0.353 e. The van der Waals surface area contributed by atoms with Gasteiger partial charge in [0, 0.05) is 19.3 Å². The molecule has 4 rings (SSSR count). The van der Waals surface area contributed by atoms with E-state index < -0.39 is 15.9 Å². The Bertz CT molecular complexity index is 1360. The van der Waals surface area contributed by atoms with E-state index in [4.69, 9.17) is 4.84 Å². The van der Waals surface area contributed by atoms with Crippen LogP contribution in [-0.4, -0.2) is 49.4 Å². The number of carbonyl (C=O) groups is 1. The molecule has 1 aromatic carbocycles. The number of rotatable bonds is 10. The molecule has 3 aromatic rings. The van der Waals surface area contributed by atoms with Crippen LogP contribution in [0.2, 0.25) is 0 Å². The van der Waals surface area contributed by atoms with Gasteiger partial charge < -0.3 is 10.6 Å². The molecule has 190 valence electrons. The number of sulfonamides is 1. The van der Waals surface area contributed by atoms with E-state index in [1.807, 2.05) is 31.2 Å². The zero-order valence-electron chi connectivity index (χ0n) is 20.6. The van der Waals surface area contributed by atoms with Crippen LogP contribution in [0.1, 0.15) is 47.3 Å². The molecule has 1 aliphatic rings. The van der Waals surface area contributed by atoms with Gasteiger partial charge in [-0.3, -0.25) is 13.9 Å². The van der Waals surface area contributed by atoms with E-state index in [1.165, 1.54) is 17.5 Å². The van der Waals surface area contributed by atoms with Gasteiger partial charge in [0.05, 0.1) is 41.2 Å². The summed E-state index contributed by atoms with van der Waals surface area (Å²) in [5.41, 5.74) is 5.83. The molecule has 36 heavy (non-hydrogen) atoms. The van der Waals surface area contributed by atoms with Gasteiger partial charge in [-0.05, 0) is 62.4 Å². The summed E-state index contributed by atoms with van der Waals surface area (Å²) < 4.78 is 26.0. The smallest absolute Gasteiger partial charge is 0.278 e. The minimum absolute atomic E-state index is 0.211. The van der Waals surface area contributed by atoms with Crippen molar-refractivity contribution in [1.29, 1.82) is 0 Å². The Labute approximate surface area is 210 Å². The Balaban J connectivity index is 1.73. The van der Waals surface area contributed by atoms with Gasteiger partial charge in [0.25, 0.3) is 5.91 Å². The zero-order valence-corrected chi connectivity index (χ0v) is 21.4. The van der Waals surface area contributed by atoms with Gasteiger partial charge in [-0.25, -0.2) is 18.9 Å². The number of nitrogens with one attached hydrogen (secondary N) is 3. The first kappa shape index (κ1) is 25.3. The number of anilines is 5. The molecule has 0 radical (unpaired) electrons. The van der Waals surface area contributed by atoms with Crippen molar-refractivity contribution >= 4 is 44.6 Å². The van der Waals surface area contributed by atoms with Crippen LogP contribution in [0.5, 0.6) is 0 Å². The van der Waals surface area contributed by atoms with Gasteiger partial charge in [0.1, 0.15) is 5.82 Å². The van der Waals surface area contributed by atoms with Crippen molar-refractivity contribution in [2.75, 3.05) is 34.8 Å². The third-order valence-corrected chi connectivity index (χ3v) is 6.88. The van der Waals surface area contributed by atoms with Crippen LogP contribution >= 0.6 is 0 Å². The first-order valence-corrected chi connectivity index (χ1v) is 13.3. The monoisotopic (exact) mass is 511 g/mol. The van der Waals surface area contributed by atoms with E-state index >= 15 is 0 Å². The summed E-state index contributed by atoms with van der Waals surface area (Å²) in [5.74, 6) is 0.833. The molecule has 3 N–H and O–H groups in total. The highest BCUT2D eigenvalue weighted by molar-refractivity contribution is 7.92. The number of aryl methyl sites for hydroxylation is 1. The predicted octanol–water partition coefficient (Wildman–Crippen LogP) is 3.62. The maximum atomic E-state index is 12.8. The SMILES string of the molecule is CCONC(=O)c1cnc(Nc2ccc(C)nn2)cc1Nc1ccc(C2CC2)cc1N(C)S(C)(=O)=O. The van der Waals surface area contributed by atoms with E-state index in [-0.39, 0.29) is 5.56 Å². The molecule has 11 nitrogen and oxygen atoms in total. The van der Waals surface area contributed by atoms with E-state index in [1.54, 1.807) is 19.1 Å². The number of aromatic nitrogens is 3. The second-order valence-electron chi connectivity index (χ2n) is 8.57. The minimum Gasteiger partial charge on any atom is -0.353 e. The standard InChI is InChI=1S/C24H29N7O4S/c1-5-35-30-24(32)18-14-25-23(27-22-11-6-15(2)28-29-22)13-20(18)26-19-10-9-17(16-7-8-16)12-21(19)31(3)36(4,33)34/h6,9-14,16H,5,7-8H2,1-4H3,(H,30,32)(H2,25,26,27,29). The van der Waals surface area contributed by atoms with Gasteiger partial charge in [-0.15, -0.1) is 5.10 Å². The normalized spacial score (nSPS) is 13.2. The molecular weight excluding hydrogens is 482 g/mol. The van der Waals surface area contributed by atoms with Crippen molar-refractivity contribution in [3.8, 4) is 0 Å². The number of amides is 1. The van der Waals surface area contributed by atoms with Crippen molar-refractivity contribution in [2.24, 2.45) is 0 Å². The highest BCUT2D eigenvalue weighted by atomic mass is 32.2. The molecule has 0 unspecified atom stereocenters. The average Bonchev–Trinajstić information content (AvgIpc) is 3.69. The van der Waals surface area contributed by atoms with Crippen LogP contribution in [0.4, 0.5) is 28.7 Å². The lowest BCUT2D eigenvalue weighted by atomic mass is 10.1. The summed E-state index contributed by atoms with van der Waals surface area (Å²) in [7, 11) is -2.02. The van der Waals surface area contributed by atoms with E-state index in [9.17, 15) is 13.2 Å². The predicted molar refractivity (Wildman–Crippen MR) is 138 cm³/mol. The highest BCUT2D eigenvalue weighted by Crippen LogP contribution is 2.43. The van der Waals surface area contributed by atoms with Crippen LogP contribution in [0.15, 0.2) is 42.6 Å². The third kappa shape index (κ3) is 6.07. The summed E-state index contributed by atoms with van der Waals surface area (Å²) in [4.78, 5) is 22.2. The van der Waals surface area contributed by atoms with Gasteiger partial charge in [0.15, 0.2) is 5.82 Å². The minimum atomic E-state index is -3.53. The molecular formula is C24H29N7O4S. The van der Waals surface area contributed by atoms with Crippen molar-refractivity contribution in [3.05, 3.63) is 59.4 Å². The molecule has 1 fully saturated rings. The lowest BCUT2D eigenvalue weighted by Crippen LogP contribution is -2.26. The third-order valence-electron chi connectivity index (χ3n) is 5.69. The summed E-state index contributed by atoms with van der Waals surface area (Å²) in [6, 6.07) is 10.9. The first-order chi connectivity index (χ1) is 17.2. The lowest BCUT2D eigenvalue weighted by Gasteiger charge is -2.23. The number of nitrogens with zero attached hydrogens (tertiary/aromatic N) is 4. The van der Waals surface area contributed by atoms with Gasteiger partial charge in [0.2, 0.25) is 10.0 Å². The number of benzene rings is 1. The number of hydrogen-bond acceptors (Lipinski definition) is 9. The lowest BCUT2D eigenvalue weighted by molar-refractivity contribution is 0.0365. The maximum absolute atomic E-state index is 12.8. The Hall–Kier alpha value is -3.77. The summed E-state index contributed by atoms with van der Waals surface area (Å²) in [5, 5.41) is 14.4. The van der Waals surface area contributed by atoms with Crippen molar-refractivity contribution in [3.63, 3.8) is 0 Å². The van der Waals surface area contributed by atoms with E-state index in [0.29, 0.717) is 41.2 Å². The number of pyridine rings is 1. The van der Waals surface area contributed by atoms with Crippen molar-refractivity contribution < 1.29 is 18.0 Å². The topological polar surface area (TPSA) is 138 Å². The highest BCUT2D eigenvalue weighted by Gasteiger charge is 2.26. The molecule has 1 amide bonds. The van der Waals surface area contributed by atoms with Crippen molar-refractivity contribution in [1.82, 2.24) is 20.7 Å². The Morgan fingerprint density at radius 1 is 1.08 bits per heavy atom. The Morgan fingerprint density at radius 2 is 1.86 bits per heavy atom. The molecule has 0 saturated heterocycles. The quantitative estimate of drug-likeness (QED) is 0.348. The van der Waals surface area contributed by atoms with Crippen LogP contribution in [0.25, 0.3) is 0 Å². The molecule has 0 aliphatic heterocycles. The van der Waals surface area contributed by atoms with Crippen LogP contribution in [0.3, 0.4) is 0 Å². The summed E-state index contributed by atoms with van der Waals surface area (Å²) in [6.45, 7) is 3.88. The molecule has 2 aromatic heterocycles. The fourth-order valence-corrected chi connectivity index (χ4v) is 4.02. The summed E-state index contributed by atoms with van der Waals surface area (Å²) in [6.07, 6.45) is 4.72. The van der Waals surface area contributed by atoms with Crippen LogP contribution < -0.4 is 20.4 Å². The van der Waals surface area contributed by atoms with Gasteiger partial charge >= 0.3 is 0 Å². The number of hydrogen-bond donors (Lipinski definition) is 3.